The van der Waals surface area contributed by atoms with Crippen molar-refractivity contribution in [2.45, 2.75) is 19.8 Å². The second kappa shape index (κ2) is 8.46. The highest BCUT2D eigenvalue weighted by Gasteiger charge is 2.24. The van der Waals surface area contributed by atoms with Gasteiger partial charge in [0.2, 0.25) is 0 Å². The smallest absolute Gasteiger partial charge is 0.264 e. The highest BCUT2D eigenvalue weighted by Crippen LogP contribution is 2.29. The third-order valence-electron chi connectivity index (χ3n) is 5.24. The SMILES string of the molecule is CC1CCN(C(=O)/C(C#N)=C\c2cn(-c3ccccc3)nc2-c2cccs2)CC1. The fourth-order valence-electron chi connectivity index (χ4n) is 3.49. The highest BCUT2D eigenvalue weighted by molar-refractivity contribution is 7.13. The zero-order valence-electron chi connectivity index (χ0n) is 16.3. The van der Waals surface area contributed by atoms with Crippen molar-refractivity contribution in [2.24, 2.45) is 5.92 Å². The van der Waals surface area contributed by atoms with Crippen molar-refractivity contribution in [1.29, 1.82) is 5.26 Å². The molecule has 1 aliphatic rings. The first-order valence-electron chi connectivity index (χ1n) is 9.75. The summed E-state index contributed by atoms with van der Waals surface area (Å²) in [6, 6.07) is 15.9. The molecule has 4 rings (SSSR count). The average Bonchev–Trinajstić information content (AvgIpc) is 3.42. The molecule has 1 fully saturated rings. The van der Waals surface area contributed by atoms with Crippen LogP contribution < -0.4 is 0 Å². The molecule has 0 bridgehead atoms. The molecule has 5 nitrogen and oxygen atoms in total. The van der Waals surface area contributed by atoms with Gasteiger partial charge in [-0.3, -0.25) is 4.79 Å². The number of nitriles is 1. The minimum absolute atomic E-state index is 0.157. The summed E-state index contributed by atoms with van der Waals surface area (Å²) in [6.45, 7) is 3.62. The molecule has 0 spiro atoms. The van der Waals surface area contributed by atoms with Crippen molar-refractivity contribution in [3.05, 3.63) is 65.2 Å². The molecule has 6 heteroatoms. The Hall–Kier alpha value is -3.17. The van der Waals surface area contributed by atoms with Crippen LogP contribution in [-0.4, -0.2) is 33.7 Å². The Bertz CT molecular complexity index is 1050. The van der Waals surface area contributed by atoms with Gasteiger partial charge in [-0.2, -0.15) is 10.4 Å². The van der Waals surface area contributed by atoms with Crippen molar-refractivity contribution in [1.82, 2.24) is 14.7 Å². The van der Waals surface area contributed by atoms with E-state index in [-0.39, 0.29) is 11.5 Å². The Morgan fingerprint density at radius 1 is 1.21 bits per heavy atom. The number of piperidine rings is 1. The third-order valence-corrected chi connectivity index (χ3v) is 6.12. The lowest BCUT2D eigenvalue weighted by Crippen LogP contribution is -2.38. The van der Waals surface area contributed by atoms with Gasteiger partial charge < -0.3 is 4.90 Å². The van der Waals surface area contributed by atoms with Gasteiger partial charge in [-0.25, -0.2) is 4.68 Å². The standard InChI is InChI=1S/C23H22N4OS/c1-17-9-11-26(12-10-17)23(28)18(15-24)14-19-16-27(20-6-3-2-4-7-20)25-22(19)21-8-5-13-29-21/h2-8,13-14,16-17H,9-12H2,1H3/b18-14-. The van der Waals surface area contributed by atoms with Crippen LogP contribution in [0.5, 0.6) is 0 Å². The van der Waals surface area contributed by atoms with Gasteiger partial charge in [-0.05, 0) is 48.4 Å². The minimum atomic E-state index is -0.191. The number of thiophene rings is 1. The molecular formula is C23H22N4OS. The Morgan fingerprint density at radius 3 is 2.62 bits per heavy atom. The number of carbonyl (C=O) groups excluding carboxylic acids is 1. The zero-order chi connectivity index (χ0) is 20.2. The van der Waals surface area contributed by atoms with Crippen LogP contribution in [0, 0.1) is 17.2 Å². The third kappa shape index (κ3) is 4.15. The zero-order valence-corrected chi connectivity index (χ0v) is 17.1. The minimum Gasteiger partial charge on any atom is -0.338 e. The van der Waals surface area contributed by atoms with E-state index in [1.165, 1.54) is 0 Å². The van der Waals surface area contributed by atoms with Crippen molar-refractivity contribution >= 4 is 23.3 Å². The Kier molecular flexibility index (Phi) is 5.59. The number of benzene rings is 1. The van der Waals surface area contributed by atoms with Gasteiger partial charge in [-0.1, -0.05) is 31.2 Å². The van der Waals surface area contributed by atoms with Gasteiger partial charge >= 0.3 is 0 Å². The summed E-state index contributed by atoms with van der Waals surface area (Å²) < 4.78 is 1.79. The van der Waals surface area contributed by atoms with E-state index in [9.17, 15) is 10.1 Å². The predicted molar refractivity (Wildman–Crippen MR) is 115 cm³/mol. The van der Waals surface area contributed by atoms with Gasteiger partial charge in [-0.15, -0.1) is 11.3 Å². The summed E-state index contributed by atoms with van der Waals surface area (Å²) in [5.74, 6) is 0.437. The van der Waals surface area contributed by atoms with Gasteiger partial charge in [0.15, 0.2) is 0 Å². The molecule has 2 aromatic heterocycles. The van der Waals surface area contributed by atoms with E-state index in [2.05, 4.69) is 13.0 Å². The molecule has 3 aromatic rings. The van der Waals surface area contributed by atoms with Crippen molar-refractivity contribution in [2.75, 3.05) is 13.1 Å². The van der Waals surface area contributed by atoms with E-state index >= 15 is 0 Å². The summed E-state index contributed by atoms with van der Waals surface area (Å²) in [5, 5.41) is 16.4. The lowest BCUT2D eigenvalue weighted by molar-refractivity contribution is -0.127. The number of para-hydroxylation sites is 1. The molecule has 0 N–H and O–H groups in total. The summed E-state index contributed by atoms with van der Waals surface area (Å²) >= 11 is 1.59. The number of hydrogen-bond acceptors (Lipinski definition) is 4. The molecule has 29 heavy (non-hydrogen) atoms. The van der Waals surface area contributed by atoms with E-state index < -0.39 is 0 Å². The largest absolute Gasteiger partial charge is 0.338 e. The van der Waals surface area contributed by atoms with E-state index in [1.54, 1.807) is 27.0 Å². The van der Waals surface area contributed by atoms with E-state index in [4.69, 9.17) is 5.10 Å². The molecule has 0 radical (unpaired) electrons. The van der Waals surface area contributed by atoms with E-state index in [1.807, 2.05) is 54.0 Å². The van der Waals surface area contributed by atoms with Crippen LogP contribution >= 0.6 is 11.3 Å². The summed E-state index contributed by atoms with van der Waals surface area (Å²) in [7, 11) is 0. The first-order chi connectivity index (χ1) is 14.2. The van der Waals surface area contributed by atoms with Crippen LogP contribution in [0.4, 0.5) is 0 Å². The van der Waals surface area contributed by atoms with Crippen LogP contribution in [0.1, 0.15) is 25.3 Å². The topological polar surface area (TPSA) is 61.9 Å². The Balaban J connectivity index is 1.71. The molecule has 3 heterocycles. The van der Waals surface area contributed by atoms with Crippen LogP contribution in [0.25, 0.3) is 22.3 Å². The second-order valence-corrected chi connectivity index (χ2v) is 8.28. The molecule has 0 saturated carbocycles. The summed E-state index contributed by atoms with van der Waals surface area (Å²) in [6.07, 6.45) is 5.53. The maximum atomic E-state index is 12.9. The van der Waals surface area contributed by atoms with Gasteiger partial charge in [0.25, 0.3) is 5.91 Å². The van der Waals surface area contributed by atoms with Crippen molar-refractivity contribution < 1.29 is 4.79 Å². The fourth-order valence-corrected chi connectivity index (χ4v) is 4.22. The Morgan fingerprint density at radius 2 is 1.97 bits per heavy atom. The number of hydrogen-bond donors (Lipinski definition) is 0. The lowest BCUT2D eigenvalue weighted by atomic mass is 9.98. The predicted octanol–water partition coefficient (Wildman–Crippen LogP) is 4.77. The maximum absolute atomic E-state index is 12.9. The molecule has 146 valence electrons. The van der Waals surface area contributed by atoms with Gasteiger partial charge in [0.05, 0.1) is 10.6 Å². The van der Waals surface area contributed by atoms with E-state index in [0.717, 1.165) is 34.7 Å². The molecule has 0 aliphatic carbocycles. The van der Waals surface area contributed by atoms with Crippen molar-refractivity contribution in [3.8, 4) is 22.3 Å². The second-order valence-electron chi connectivity index (χ2n) is 7.34. The number of nitrogens with zero attached hydrogens (tertiary/aromatic N) is 4. The molecule has 0 atom stereocenters. The number of carbonyl (C=O) groups is 1. The molecule has 1 aromatic carbocycles. The highest BCUT2D eigenvalue weighted by atomic mass is 32.1. The van der Waals surface area contributed by atoms with Crippen LogP contribution in [0.15, 0.2) is 59.6 Å². The molecule has 1 aliphatic heterocycles. The number of aromatic nitrogens is 2. The van der Waals surface area contributed by atoms with Crippen LogP contribution in [0.3, 0.4) is 0 Å². The normalized spacial score (nSPS) is 15.3. The van der Waals surface area contributed by atoms with Crippen molar-refractivity contribution in [3.63, 3.8) is 0 Å². The summed E-state index contributed by atoms with van der Waals surface area (Å²) in [4.78, 5) is 15.7. The molecule has 0 unspecified atom stereocenters. The summed E-state index contributed by atoms with van der Waals surface area (Å²) in [5.41, 5.74) is 2.63. The lowest BCUT2D eigenvalue weighted by Gasteiger charge is -2.30. The van der Waals surface area contributed by atoms with Gasteiger partial charge in [0.1, 0.15) is 17.3 Å². The average molecular weight is 403 g/mol. The monoisotopic (exact) mass is 402 g/mol. The first-order valence-corrected chi connectivity index (χ1v) is 10.6. The molecule has 1 amide bonds. The number of amides is 1. The number of likely N-dealkylation sites (tertiary alicyclic amines) is 1. The first kappa shape index (κ1) is 19.2. The quantitative estimate of drug-likeness (QED) is 0.467. The fraction of sp³-hybridized carbons (Fsp3) is 0.261. The maximum Gasteiger partial charge on any atom is 0.264 e. The molecular weight excluding hydrogens is 380 g/mol. The number of rotatable bonds is 4. The van der Waals surface area contributed by atoms with Crippen LogP contribution in [0.2, 0.25) is 0 Å². The van der Waals surface area contributed by atoms with Gasteiger partial charge in [0, 0.05) is 24.8 Å². The Labute approximate surface area is 174 Å². The molecule has 1 saturated heterocycles. The van der Waals surface area contributed by atoms with E-state index in [0.29, 0.717) is 19.0 Å². The van der Waals surface area contributed by atoms with Crippen LogP contribution in [-0.2, 0) is 4.79 Å².